The number of fused-ring (bicyclic) bond motifs is 2. The SMILES string of the molecule is COc1c(Cl)cccc1Nc1c(-c2ccnc3ccc(OC4CC(F)(F)C4)nc23)[nH]c2c1C(=O)NCC2. The van der Waals surface area contributed by atoms with Crippen LogP contribution in [0.2, 0.25) is 5.02 Å². The minimum Gasteiger partial charge on any atom is -0.493 e. The Labute approximate surface area is 215 Å². The van der Waals surface area contributed by atoms with Gasteiger partial charge < -0.3 is 25.1 Å². The monoisotopic (exact) mass is 525 g/mol. The Morgan fingerprint density at radius 3 is 2.81 bits per heavy atom. The fourth-order valence-corrected chi connectivity index (χ4v) is 5.04. The number of hydrogen-bond donors (Lipinski definition) is 3. The molecule has 0 saturated heterocycles. The van der Waals surface area contributed by atoms with Crippen molar-refractivity contribution in [2.24, 2.45) is 0 Å². The summed E-state index contributed by atoms with van der Waals surface area (Å²) in [5.74, 6) is -2.23. The van der Waals surface area contributed by atoms with E-state index in [0.717, 1.165) is 5.69 Å². The van der Waals surface area contributed by atoms with Crippen LogP contribution >= 0.6 is 11.6 Å². The van der Waals surface area contributed by atoms with Crippen molar-refractivity contribution in [3.8, 4) is 22.9 Å². The molecule has 0 bridgehead atoms. The van der Waals surface area contributed by atoms with Crippen LogP contribution in [0.1, 0.15) is 28.9 Å². The number of alkyl halides is 2. The van der Waals surface area contributed by atoms with Crippen LogP contribution < -0.4 is 20.1 Å². The van der Waals surface area contributed by atoms with Crippen molar-refractivity contribution in [3.63, 3.8) is 0 Å². The quantitative estimate of drug-likeness (QED) is 0.307. The molecule has 0 atom stereocenters. The number of aromatic amines is 1. The maximum Gasteiger partial charge on any atom is 0.255 e. The molecule has 1 amide bonds. The molecule has 1 saturated carbocycles. The standard InChI is InChI=1S/C26H22ClF2N5O3/c1-36-24-15(27)3-2-4-18(24)33-23-20-16(8-10-31-25(20)35)32-22(23)14-7-9-30-17-5-6-19(34-21(14)17)37-13-11-26(28,29)12-13/h2-7,9,13,32-33H,8,10-12H2,1H3,(H,31,35). The predicted molar refractivity (Wildman–Crippen MR) is 135 cm³/mol. The highest BCUT2D eigenvalue weighted by molar-refractivity contribution is 6.32. The number of H-pyrrole nitrogens is 1. The smallest absolute Gasteiger partial charge is 0.255 e. The zero-order valence-corrected chi connectivity index (χ0v) is 20.5. The van der Waals surface area contributed by atoms with Gasteiger partial charge in [-0.1, -0.05) is 17.7 Å². The summed E-state index contributed by atoms with van der Waals surface area (Å²) in [5.41, 5.74) is 4.76. The van der Waals surface area contributed by atoms with Gasteiger partial charge in [0.25, 0.3) is 11.8 Å². The molecule has 4 aromatic rings. The van der Waals surface area contributed by atoms with E-state index in [-0.39, 0.29) is 24.6 Å². The third-order valence-electron chi connectivity index (χ3n) is 6.56. The number of nitrogens with zero attached hydrogens (tertiary/aromatic N) is 2. The number of methoxy groups -OCH3 is 1. The van der Waals surface area contributed by atoms with E-state index in [2.05, 4.69) is 25.6 Å². The number of halogens is 3. The fourth-order valence-electron chi connectivity index (χ4n) is 4.79. The lowest BCUT2D eigenvalue weighted by Crippen LogP contribution is -2.43. The lowest BCUT2D eigenvalue weighted by Gasteiger charge is -2.34. The normalized spacial score (nSPS) is 16.6. The first kappa shape index (κ1) is 23.5. The second-order valence-corrected chi connectivity index (χ2v) is 9.47. The molecule has 8 nitrogen and oxygen atoms in total. The number of benzene rings is 1. The summed E-state index contributed by atoms with van der Waals surface area (Å²) in [6.45, 7) is 0.505. The molecule has 3 aromatic heterocycles. The van der Waals surface area contributed by atoms with Crippen molar-refractivity contribution >= 4 is 39.9 Å². The molecule has 1 fully saturated rings. The van der Waals surface area contributed by atoms with E-state index in [1.807, 2.05) is 0 Å². The molecule has 2 aliphatic rings. The zero-order valence-electron chi connectivity index (χ0n) is 19.7. The lowest BCUT2D eigenvalue weighted by molar-refractivity contribution is -0.135. The molecular formula is C26H22ClF2N5O3. The van der Waals surface area contributed by atoms with Crippen molar-refractivity contribution in [2.75, 3.05) is 19.0 Å². The van der Waals surface area contributed by atoms with Gasteiger partial charge in [0.05, 0.1) is 40.3 Å². The number of ether oxygens (including phenoxy) is 2. The van der Waals surface area contributed by atoms with Crippen LogP contribution in [0.3, 0.4) is 0 Å². The van der Waals surface area contributed by atoms with Gasteiger partial charge in [0.1, 0.15) is 11.6 Å². The highest BCUT2D eigenvalue weighted by Crippen LogP contribution is 2.43. The molecule has 190 valence electrons. The average Bonchev–Trinajstić information content (AvgIpc) is 3.22. The van der Waals surface area contributed by atoms with Crippen LogP contribution in [0, 0.1) is 0 Å². The van der Waals surface area contributed by atoms with E-state index in [1.165, 1.54) is 7.11 Å². The van der Waals surface area contributed by atoms with Gasteiger partial charge in [0.15, 0.2) is 5.75 Å². The number of para-hydroxylation sites is 1. The molecule has 37 heavy (non-hydrogen) atoms. The van der Waals surface area contributed by atoms with Crippen LogP contribution in [0.5, 0.6) is 11.6 Å². The Hall–Kier alpha value is -3.92. The number of nitrogens with one attached hydrogen (secondary N) is 3. The van der Waals surface area contributed by atoms with E-state index in [9.17, 15) is 13.6 Å². The number of rotatable bonds is 6. The molecule has 1 aromatic carbocycles. The summed E-state index contributed by atoms with van der Waals surface area (Å²) in [4.78, 5) is 25.4. The second-order valence-electron chi connectivity index (χ2n) is 9.06. The molecule has 1 aliphatic heterocycles. The van der Waals surface area contributed by atoms with Gasteiger partial charge in [-0.3, -0.25) is 9.78 Å². The molecule has 0 spiro atoms. The van der Waals surface area contributed by atoms with Crippen molar-refractivity contribution in [1.82, 2.24) is 20.3 Å². The minimum absolute atomic E-state index is 0.214. The topological polar surface area (TPSA) is 101 Å². The number of pyridine rings is 2. The van der Waals surface area contributed by atoms with Gasteiger partial charge in [0.2, 0.25) is 5.88 Å². The Kier molecular flexibility index (Phi) is 5.63. The summed E-state index contributed by atoms with van der Waals surface area (Å²) in [6, 6.07) is 10.4. The van der Waals surface area contributed by atoms with Gasteiger partial charge in [-0.15, -0.1) is 0 Å². The first-order chi connectivity index (χ1) is 17.8. The molecule has 6 rings (SSSR count). The Morgan fingerprint density at radius 2 is 2.03 bits per heavy atom. The highest BCUT2D eigenvalue weighted by atomic mass is 35.5. The third kappa shape index (κ3) is 4.21. The zero-order chi connectivity index (χ0) is 25.7. The third-order valence-corrected chi connectivity index (χ3v) is 6.86. The molecule has 0 radical (unpaired) electrons. The second kappa shape index (κ2) is 8.88. The number of hydrogen-bond acceptors (Lipinski definition) is 6. The van der Waals surface area contributed by atoms with Gasteiger partial charge in [-0.05, 0) is 24.3 Å². The summed E-state index contributed by atoms with van der Waals surface area (Å²) in [7, 11) is 1.52. The molecule has 1 aliphatic carbocycles. The maximum atomic E-state index is 13.3. The van der Waals surface area contributed by atoms with Crippen LogP contribution in [0.4, 0.5) is 20.2 Å². The van der Waals surface area contributed by atoms with Gasteiger partial charge in [-0.2, -0.15) is 0 Å². The van der Waals surface area contributed by atoms with Crippen molar-refractivity contribution < 1.29 is 23.0 Å². The van der Waals surface area contributed by atoms with Crippen LogP contribution in [0.15, 0.2) is 42.6 Å². The maximum absolute atomic E-state index is 13.3. The number of aromatic nitrogens is 3. The summed E-state index contributed by atoms with van der Waals surface area (Å²) >= 11 is 6.34. The molecule has 0 unspecified atom stereocenters. The minimum atomic E-state index is -2.69. The van der Waals surface area contributed by atoms with E-state index in [4.69, 9.17) is 21.1 Å². The first-order valence-electron chi connectivity index (χ1n) is 11.8. The van der Waals surface area contributed by atoms with Crippen LogP contribution in [-0.2, 0) is 6.42 Å². The number of amides is 1. The van der Waals surface area contributed by atoms with E-state index < -0.39 is 12.0 Å². The van der Waals surface area contributed by atoms with Crippen molar-refractivity contribution in [3.05, 3.63) is 58.9 Å². The Morgan fingerprint density at radius 1 is 1.19 bits per heavy atom. The number of carbonyl (C=O) groups excluding carboxylic acids is 1. The van der Waals surface area contributed by atoms with Crippen molar-refractivity contribution in [1.29, 1.82) is 0 Å². The van der Waals surface area contributed by atoms with Gasteiger partial charge in [-0.25, -0.2) is 13.8 Å². The summed E-state index contributed by atoms with van der Waals surface area (Å²) in [5, 5.41) is 6.65. The summed E-state index contributed by atoms with van der Waals surface area (Å²) in [6.07, 6.45) is 1.01. The van der Waals surface area contributed by atoms with Crippen LogP contribution in [-0.4, -0.2) is 46.5 Å². The average molecular weight is 526 g/mol. The first-order valence-corrected chi connectivity index (χ1v) is 12.1. The number of anilines is 2. The van der Waals surface area contributed by atoms with E-state index >= 15 is 0 Å². The predicted octanol–water partition coefficient (Wildman–Crippen LogP) is 5.49. The fraction of sp³-hybridized carbons (Fsp3) is 0.269. The molecule has 11 heteroatoms. The lowest BCUT2D eigenvalue weighted by atomic mass is 9.91. The van der Waals surface area contributed by atoms with E-state index in [1.54, 1.807) is 42.6 Å². The van der Waals surface area contributed by atoms with Crippen LogP contribution in [0.25, 0.3) is 22.3 Å². The molecular weight excluding hydrogens is 504 g/mol. The molecule has 4 heterocycles. The van der Waals surface area contributed by atoms with Gasteiger partial charge in [0, 0.05) is 49.3 Å². The summed E-state index contributed by atoms with van der Waals surface area (Å²) < 4.78 is 37.8. The molecule has 3 N–H and O–H groups in total. The van der Waals surface area contributed by atoms with E-state index in [0.29, 0.717) is 63.0 Å². The Balaban J connectivity index is 1.48. The van der Waals surface area contributed by atoms with Crippen molar-refractivity contribution in [2.45, 2.75) is 31.3 Å². The number of carbonyl (C=O) groups is 1. The largest absolute Gasteiger partial charge is 0.493 e. The van der Waals surface area contributed by atoms with Gasteiger partial charge >= 0.3 is 0 Å². The highest BCUT2D eigenvalue weighted by Gasteiger charge is 2.47. The Bertz CT molecular complexity index is 1530.